The third-order valence-corrected chi connectivity index (χ3v) is 2.75. The maximum Gasteiger partial charge on any atom is 0.126 e. The number of nitrogens with one attached hydrogen (secondary N) is 1. The van der Waals surface area contributed by atoms with Gasteiger partial charge in [0.25, 0.3) is 0 Å². The molecule has 0 aliphatic rings. The summed E-state index contributed by atoms with van der Waals surface area (Å²) in [6.07, 6.45) is 5.46. The number of hydrogen-bond donors (Lipinski definition) is 1. The molecule has 0 saturated carbocycles. The van der Waals surface area contributed by atoms with Crippen LogP contribution >= 0.6 is 0 Å². The molecule has 0 saturated heterocycles. The zero-order chi connectivity index (χ0) is 12.0. The molecule has 3 heteroatoms. The van der Waals surface area contributed by atoms with Gasteiger partial charge in [-0.25, -0.2) is 4.98 Å². The fourth-order valence-corrected chi connectivity index (χ4v) is 1.67. The lowest BCUT2D eigenvalue weighted by Crippen LogP contribution is -2.19. The van der Waals surface area contributed by atoms with Gasteiger partial charge in [0.05, 0.1) is 11.9 Å². The Hall–Kier alpha value is -1.25. The van der Waals surface area contributed by atoms with Crippen molar-refractivity contribution in [3.8, 4) is 0 Å². The Labute approximate surface area is 98.9 Å². The number of rotatable bonds is 6. The van der Waals surface area contributed by atoms with E-state index in [4.69, 9.17) is 0 Å². The molecule has 1 rings (SSSR count). The summed E-state index contributed by atoms with van der Waals surface area (Å²) in [6.45, 7) is 4.43. The molecule has 1 aromatic heterocycles. The molecule has 0 bridgehead atoms. The minimum Gasteiger partial charge on any atom is -0.376 e. The molecular weight excluding hydrogens is 198 g/mol. The summed E-state index contributed by atoms with van der Waals surface area (Å²) in [5, 5.41) is 3.47. The van der Waals surface area contributed by atoms with E-state index in [1.807, 2.05) is 26.4 Å². The zero-order valence-electron chi connectivity index (χ0n) is 10.8. The molecule has 0 aliphatic heterocycles. The van der Waals surface area contributed by atoms with E-state index in [1.165, 1.54) is 12.8 Å². The van der Waals surface area contributed by atoms with Gasteiger partial charge in [0.1, 0.15) is 5.82 Å². The van der Waals surface area contributed by atoms with Crippen LogP contribution in [-0.2, 0) is 0 Å². The molecule has 1 N–H and O–H groups in total. The average Bonchev–Trinajstić information content (AvgIpc) is 2.29. The van der Waals surface area contributed by atoms with E-state index in [0.29, 0.717) is 6.04 Å². The van der Waals surface area contributed by atoms with Gasteiger partial charge in [-0.15, -0.1) is 0 Å². The van der Waals surface area contributed by atoms with Gasteiger partial charge in [0, 0.05) is 20.1 Å². The maximum atomic E-state index is 4.42. The van der Waals surface area contributed by atoms with Crippen LogP contribution in [0.3, 0.4) is 0 Å². The minimum absolute atomic E-state index is 0.544. The third-order valence-electron chi connectivity index (χ3n) is 2.75. The second-order valence-corrected chi connectivity index (χ2v) is 4.33. The Bertz CT molecular complexity index is 293. The molecule has 0 fully saturated rings. The molecule has 1 heterocycles. The fourth-order valence-electron chi connectivity index (χ4n) is 1.67. The molecule has 1 aromatic rings. The molecule has 0 spiro atoms. The average molecular weight is 221 g/mol. The Morgan fingerprint density at radius 3 is 2.50 bits per heavy atom. The predicted octanol–water partition coefficient (Wildman–Crippen LogP) is 3.14. The van der Waals surface area contributed by atoms with Gasteiger partial charge < -0.3 is 10.2 Å². The van der Waals surface area contributed by atoms with Crippen molar-refractivity contribution in [2.45, 2.75) is 39.2 Å². The van der Waals surface area contributed by atoms with Gasteiger partial charge in [-0.05, 0) is 25.0 Å². The Balaban J connectivity index is 2.60. The largest absolute Gasteiger partial charge is 0.376 e. The first-order chi connectivity index (χ1) is 7.67. The fraction of sp³-hybridized carbons (Fsp3) is 0.615. The first-order valence-corrected chi connectivity index (χ1v) is 6.07. The Morgan fingerprint density at radius 2 is 2.06 bits per heavy atom. The van der Waals surface area contributed by atoms with Crippen molar-refractivity contribution in [1.82, 2.24) is 4.98 Å². The number of nitrogens with zero attached hydrogens (tertiary/aromatic N) is 2. The Kier molecular flexibility index (Phi) is 5.09. The van der Waals surface area contributed by atoms with Crippen molar-refractivity contribution in [1.29, 1.82) is 0 Å². The van der Waals surface area contributed by atoms with Crippen LogP contribution < -0.4 is 10.2 Å². The molecule has 0 aromatic carbocycles. The number of aromatic nitrogens is 1. The van der Waals surface area contributed by atoms with E-state index >= 15 is 0 Å². The van der Waals surface area contributed by atoms with E-state index in [0.717, 1.165) is 17.9 Å². The van der Waals surface area contributed by atoms with Gasteiger partial charge in [-0.3, -0.25) is 0 Å². The lowest BCUT2D eigenvalue weighted by Gasteiger charge is -2.17. The van der Waals surface area contributed by atoms with Crippen LogP contribution in [0.2, 0.25) is 0 Å². The maximum absolute atomic E-state index is 4.42. The molecule has 90 valence electrons. The van der Waals surface area contributed by atoms with Crippen LogP contribution in [0.4, 0.5) is 11.5 Å². The standard InChI is InChI=1S/C13H23N3/c1-5-7-11(6-2)15-13-9-8-12(10-14-13)16(3)4/h8-11H,5-7H2,1-4H3,(H,14,15). The van der Waals surface area contributed by atoms with Gasteiger partial charge in [-0.1, -0.05) is 20.3 Å². The summed E-state index contributed by atoms with van der Waals surface area (Å²) >= 11 is 0. The highest BCUT2D eigenvalue weighted by atomic mass is 15.1. The van der Waals surface area contributed by atoms with E-state index in [2.05, 4.69) is 35.1 Å². The minimum atomic E-state index is 0.544. The molecule has 16 heavy (non-hydrogen) atoms. The smallest absolute Gasteiger partial charge is 0.126 e. The second kappa shape index (κ2) is 6.36. The summed E-state index contributed by atoms with van der Waals surface area (Å²) in [5.41, 5.74) is 1.13. The summed E-state index contributed by atoms with van der Waals surface area (Å²) < 4.78 is 0. The number of anilines is 2. The van der Waals surface area contributed by atoms with Crippen molar-refractivity contribution >= 4 is 11.5 Å². The van der Waals surface area contributed by atoms with Crippen molar-refractivity contribution in [2.24, 2.45) is 0 Å². The lowest BCUT2D eigenvalue weighted by molar-refractivity contribution is 0.620. The third kappa shape index (κ3) is 3.72. The van der Waals surface area contributed by atoms with Crippen LogP contribution in [-0.4, -0.2) is 25.1 Å². The molecule has 1 atom stereocenters. The van der Waals surface area contributed by atoms with Gasteiger partial charge in [-0.2, -0.15) is 0 Å². The lowest BCUT2D eigenvalue weighted by atomic mass is 10.1. The highest BCUT2D eigenvalue weighted by Crippen LogP contribution is 2.14. The molecule has 0 amide bonds. The molecule has 3 nitrogen and oxygen atoms in total. The number of hydrogen-bond acceptors (Lipinski definition) is 3. The van der Waals surface area contributed by atoms with Crippen LogP contribution in [0, 0.1) is 0 Å². The molecule has 1 unspecified atom stereocenters. The van der Waals surface area contributed by atoms with E-state index in [-0.39, 0.29) is 0 Å². The van der Waals surface area contributed by atoms with Crippen molar-refractivity contribution in [3.63, 3.8) is 0 Å². The van der Waals surface area contributed by atoms with Crippen LogP contribution in [0.15, 0.2) is 18.3 Å². The van der Waals surface area contributed by atoms with E-state index in [9.17, 15) is 0 Å². The van der Waals surface area contributed by atoms with E-state index in [1.54, 1.807) is 0 Å². The van der Waals surface area contributed by atoms with Gasteiger partial charge >= 0.3 is 0 Å². The predicted molar refractivity (Wildman–Crippen MR) is 71.2 cm³/mol. The summed E-state index contributed by atoms with van der Waals surface area (Å²) in [4.78, 5) is 6.47. The molecule has 0 aliphatic carbocycles. The highest BCUT2D eigenvalue weighted by molar-refractivity contribution is 5.48. The highest BCUT2D eigenvalue weighted by Gasteiger charge is 2.05. The summed E-state index contributed by atoms with van der Waals surface area (Å²) in [5.74, 6) is 0.978. The van der Waals surface area contributed by atoms with Gasteiger partial charge in [0.2, 0.25) is 0 Å². The second-order valence-electron chi connectivity index (χ2n) is 4.33. The number of pyridine rings is 1. The van der Waals surface area contributed by atoms with Crippen LogP contribution in [0.25, 0.3) is 0 Å². The van der Waals surface area contributed by atoms with Crippen molar-refractivity contribution in [3.05, 3.63) is 18.3 Å². The summed E-state index contributed by atoms with van der Waals surface area (Å²) in [7, 11) is 4.05. The van der Waals surface area contributed by atoms with Crippen LogP contribution in [0.1, 0.15) is 33.1 Å². The molecular formula is C13H23N3. The first-order valence-electron chi connectivity index (χ1n) is 6.07. The Morgan fingerprint density at radius 1 is 1.31 bits per heavy atom. The summed E-state index contributed by atoms with van der Waals surface area (Å²) in [6, 6.07) is 4.68. The van der Waals surface area contributed by atoms with E-state index < -0.39 is 0 Å². The van der Waals surface area contributed by atoms with Crippen molar-refractivity contribution in [2.75, 3.05) is 24.3 Å². The first kappa shape index (κ1) is 12.8. The van der Waals surface area contributed by atoms with Crippen LogP contribution in [0.5, 0.6) is 0 Å². The molecule has 0 radical (unpaired) electrons. The quantitative estimate of drug-likeness (QED) is 0.800. The normalized spacial score (nSPS) is 12.2. The SMILES string of the molecule is CCCC(CC)Nc1ccc(N(C)C)cn1. The van der Waals surface area contributed by atoms with Crippen molar-refractivity contribution < 1.29 is 0 Å². The zero-order valence-corrected chi connectivity index (χ0v) is 10.8. The monoisotopic (exact) mass is 221 g/mol. The topological polar surface area (TPSA) is 28.2 Å². The van der Waals surface area contributed by atoms with Gasteiger partial charge in [0.15, 0.2) is 0 Å².